The molecule has 0 atom stereocenters. The number of anilines is 3. The minimum Gasteiger partial charge on any atom is -0.386 e. The van der Waals surface area contributed by atoms with Crippen LogP contribution in [0, 0.1) is 17.6 Å². The number of benzene rings is 2. The highest BCUT2D eigenvalue weighted by molar-refractivity contribution is 8.00. The van der Waals surface area contributed by atoms with E-state index >= 15 is 0 Å². The number of likely N-dealkylation sites (tertiary alicyclic amines) is 1. The lowest BCUT2D eigenvalue weighted by Gasteiger charge is -2.39. The van der Waals surface area contributed by atoms with Gasteiger partial charge in [0.25, 0.3) is 0 Å². The minimum atomic E-state index is -0.608. The SMILES string of the molecule is CNc1c(NCC2CCN(C)CC2)cc(NSc2ccc(F)cc2F)cc1C1(C=O)CCC1. The van der Waals surface area contributed by atoms with Crippen molar-refractivity contribution in [3.8, 4) is 0 Å². The van der Waals surface area contributed by atoms with Crippen LogP contribution in [0.4, 0.5) is 25.8 Å². The first-order valence-corrected chi connectivity index (χ1v) is 12.4. The van der Waals surface area contributed by atoms with Gasteiger partial charge in [0, 0.05) is 25.3 Å². The monoisotopic (exact) mass is 474 g/mol. The lowest BCUT2D eigenvalue weighted by molar-refractivity contribution is -0.115. The van der Waals surface area contributed by atoms with Crippen molar-refractivity contribution in [2.45, 2.75) is 42.4 Å². The molecule has 0 radical (unpaired) electrons. The van der Waals surface area contributed by atoms with E-state index < -0.39 is 17.0 Å². The molecule has 1 heterocycles. The average molecular weight is 475 g/mol. The number of halogens is 2. The molecule has 4 rings (SSSR count). The van der Waals surface area contributed by atoms with Crippen LogP contribution in [0.3, 0.4) is 0 Å². The third-order valence-corrected chi connectivity index (χ3v) is 7.88. The Bertz CT molecular complexity index is 991. The van der Waals surface area contributed by atoms with Crippen LogP contribution in [0.25, 0.3) is 0 Å². The third-order valence-electron chi connectivity index (χ3n) is 6.99. The molecule has 8 heteroatoms. The lowest BCUT2D eigenvalue weighted by atomic mass is 9.65. The Morgan fingerprint density at radius 1 is 1.18 bits per heavy atom. The van der Waals surface area contributed by atoms with Gasteiger partial charge in [-0.25, -0.2) is 8.78 Å². The Kier molecular flexibility index (Phi) is 7.44. The first kappa shape index (κ1) is 23.8. The average Bonchev–Trinajstić information content (AvgIpc) is 2.78. The molecule has 33 heavy (non-hydrogen) atoms. The summed E-state index contributed by atoms with van der Waals surface area (Å²) in [5, 5.41) is 6.94. The van der Waals surface area contributed by atoms with Gasteiger partial charge in [-0.05, 0) is 93.5 Å². The number of carbonyl (C=O) groups excluding carboxylic acids is 1. The Labute approximate surface area is 198 Å². The van der Waals surface area contributed by atoms with Gasteiger partial charge in [-0.2, -0.15) is 0 Å². The highest BCUT2D eigenvalue weighted by Gasteiger charge is 2.41. The summed E-state index contributed by atoms with van der Waals surface area (Å²) < 4.78 is 30.6. The Morgan fingerprint density at radius 2 is 1.94 bits per heavy atom. The molecule has 5 nitrogen and oxygen atoms in total. The molecule has 1 aliphatic heterocycles. The number of aldehydes is 1. The topological polar surface area (TPSA) is 56.4 Å². The lowest BCUT2D eigenvalue weighted by Crippen LogP contribution is -2.37. The summed E-state index contributed by atoms with van der Waals surface area (Å²) in [5.41, 5.74) is 3.12. The van der Waals surface area contributed by atoms with E-state index in [4.69, 9.17) is 0 Å². The largest absolute Gasteiger partial charge is 0.386 e. The standard InChI is InChI=1S/C25H32F2N4OS/c1-28-24-20(25(16-32)8-3-9-25)13-19(30-33-23-5-4-18(26)12-21(23)27)14-22(24)29-15-17-6-10-31(2)11-7-17/h4-5,12-14,16-17,28-30H,3,6-11,15H2,1-2H3. The molecule has 0 spiro atoms. The van der Waals surface area contributed by atoms with E-state index in [1.54, 1.807) is 0 Å². The maximum atomic E-state index is 14.1. The summed E-state index contributed by atoms with van der Waals surface area (Å²) >= 11 is 1.10. The van der Waals surface area contributed by atoms with Gasteiger partial charge in [-0.15, -0.1) is 0 Å². The second-order valence-corrected chi connectivity index (χ2v) is 10.1. The van der Waals surface area contributed by atoms with E-state index in [-0.39, 0.29) is 0 Å². The number of piperidine rings is 1. The predicted molar refractivity (Wildman–Crippen MR) is 132 cm³/mol. The fraction of sp³-hybridized carbons (Fsp3) is 0.480. The number of nitrogens with zero attached hydrogens (tertiary/aromatic N) is 1. The zero-order valence-corrected chi connectivity index (χ0v) is 20.0. The van der Waals surface area contributed by atoms with Crippen LogP contribution >= 0.6 is 11.9 Å². The highest BCUT2D eigenvalue weighted by atomic mass is 32.2. The van der Waals surface area contributed by atoms with Crippen LogP contribution in [-0.4, -0.2) is 44.9 Å². The van der Waals surface area contributed by atoms with Crippen LogP contribution in [0.1, 0.15) is 37.7 Å². The van der Waals surface area contributed by atoms with Crippen LogP contribution in [0.5, 0.6) is 0 Å². The third kappa shape index (κ3) is 5.27. The van der Waals surface area contributed by atoms with Gasteiger partial charge >= 0.3 is 0 Å². The number of hydrogen-bond donors (Lipinski definition) is 3. The van der Waals surface area contributed by atoms with E-state index in [1.165, 1.54) is 12.1 Å². The van der Waals surface area contributed by atoms with Gasteiger partial charge in [-0.3, -0.25) is 0 Å². The molecular weight excluding hydrogens is 442 g/mol. The van der Waals surface area contributed by atoms with Gasteiger partial charge < -0.3 is 25.1 Å². The summed E-state index contributed by atoms with van der Waals surface area (Å²) in [4.78, 5) is 14.8. The maximum Gasteiger partial charge on any atom is 0.141 e. The fourth-order valence-corrected chi connectivity index (χ4v) is 5.34. The molecule has 1 saturated heterocycles. The summed E-state index contributed by atoms with van der Waals surface area (Å²) in [6.07, 6.45) is 6.05. The molecule has 3 N–H and O–H groups in total. The molecule has 0 unspecified atom stereocenters. The van der Waals surface area contributed by atoms with Crippen molar-refractivity contribution in [1.82, 2.24) is 4.90 Å². The van der Waals surface area contributed by atoms with Gasteiger partial charge in [0.05, 0.1) is 21.7 Å². The summed E-state index contributed by atoms with van der Waals surface area (Å²) in [6, 6.07) is 7.52. The van der Waals surface area contributed by atoms with Gasteiger partial charge in [0.15, 0.2) is 0 Å². The summed E-state index contributed by atoms with van der Waals surface area (Å²) in [6.45, 7) is 3.07. The van der Waals surface area contributed by atoms with Crippen molar-refractivity contribution in [3.05, 3.63) is 47.5 Å². The van der Waals surface area contributed by atoms with Gasteiger partial charge in [-0.1, -0.05) is 6.42 Å². The Hall–Kier alpha value is -2.32. The summed E-state index contributed by atoms with van der Waals surface area (Å²) in [7, 11) is 4.04. The smallest absolute Gasteiger partial charge is 0.141 e. The zero-order valence-electron chi connectivity index (χ0n) is 19.2. The van der Waals surface area contributed by atoms with Crippen molar-refractivity contribution in [1.29, 1.82) is 0 Å². The molecule has 2 aromatic rings. The molecular formula is C25H32F2N4OS. The number of carbonyl (C=O) groups is 1. The number of rotatable bonds is 9. The highest BCUT2D eigenvalue weighted by Crippen LogP contribution is 2.48. The van der Waals surface area contributed by atoms with E-state index in [0.717, 1.165) is 98.7 Å². The normalized spacial score (nSPS) is 18.4. The molecule has 2 aliphatic rings. The van der Waals surface area contributed by atoms with Gasteiger partial charge in [0.1, 0.15) is 17.9 Å². The number of nitrogens with one attached hydrogen (secondary N) is 3. The van der Waals surface area contributed by atoms with Gasteiger partial charge in [0.2, 0.25) is 0 Å². The van der Waals surface area contributed by atoms with Crippen LogP contribution in [-0.2, 0) is 10.2 Å². The second-order valence-electron chi connectivity index (χ2n) is 9.23. The second kappa shape index (κ2) is 10.3. The molecule has 1 aliphatic carbocycles. The van der Waals surface area contributed by atoms with E-state index in [2.05, 4.69) is 27.3 Å². The van der Waals surface area contributed by atoms with E-state index in [0.29, 0.717) is 10.8 Å². The molecule has 2 fully saturated rings. The molecule has 178 valence electrons. The van der Waals surface area contributed by atoms with E-state index in [1.807, 2.05) is 19.2 Å². The minimum absolute atomic E-state index is 0.310. The van der Waals surface area contributed by atoms with Crippen LogP contribution in [0.2, 0.25) is 0 Å². The number of hydrogen-bond acceptors (Lipinski definition) is 6. The first-order valence-electron chi connectivity index (χ1n) is 11.6. The maximum absolute atomic E-state index is 14.1. The van der Waals surface area contributed by atoms with Crippen LogP contribution < -0.4 is 15.4 Å². The van der Waals surface area contributed by atoms with Crippen LogP contribution in [0.15, 0.2) is 35.2 Å². The zero-order chi connectivity index (χ0) is 23.4. The van der Waals surface area contributed by atoms with Crippen molar-refractivity contribution in [3.63, 3.8) is 0 Å². The molecule has 0 amide bonds. The molecule has 0 aromatic heterocycles. The Balaban J connectivity index is 1.60. The fourth-order valence-electron chi connectivity index (χ4n) is 4.70. The predicted octanol–water partition coefficient (Wildman–Crippen LogP) is 5.50. The quantitative estimate of drug-likeness (QED) is 0.330. The molecule has 0 bridgehead atoms. The summed E-state index contributed by atoms with van der Waals surface area (Å²) in [5.74, 6) is -0.614. The van der Waals surface area contributed by atoms with Crippen molar-refractivity contribution < 1.29 is 13.6 Å². The van der Waals surface area contributed by atoms with E-state index in [9.17, 15) is 13.6 Å². The first-order chi connectivity index (χ1) is 15.9. The van der Waals surface area contributed by atoms with Crippen molar-refractivity contribution >= 4 is 35.3 Å². The molecule has 1 saturated carbocycles. The Morgan fingerprint density at radius 3 is 2.55 bits per heavy atom. The molecule has 2 aromatic carbocycles. The van der Waals surface area contributed by atoms with Crippen molar-refractivity contribution in [2.75, 3.05) is 49.1 Å². The van der Waals surface area contributed by atoms with Crippen molar-refractivity contribution in [2.24, 2.45) is 5.92 Å².